The third-order valence-electron chi connectivity index (χ3n) is 11.7. The molecule has 2 aromatic heterocycles. The number of carbonyl (C=O) groups is 2. The number of likely N-dealkylation sites (tertiary alicyclic amines) is 1. The summed E-state index contributed by atoms with van der Waals surface area (Å²) >= 11 is 0.430. The molecule has 0 radical (unpaired) electrons. The Labute approximate surface area is 367 Å². The molecule has 0 aliphatic carbocycles. The van der Waals surface area contributed by atoms with Crippen molar-refractivity contribution in [2.75, 3.05) is 43.5 Å². The van der Waals surface area contributed by atoms with E-state index in [4.69, 9.17) is 14.2 Å². The maximum Gasteiger partial charge on any atom is 0.419 e. The molecule has 3 fully saturated rings. The monoisotopic (exact) mass is 925 g/mol. The number of carbonyl (C=O) groups excluding carboxylic acids is 2. The average Bonchev–Trinajstić information content (AvgIpc) is 3.91. The number of halogens is 8. The van der Waals surface area contributed by atoms with E-state index in [1.54, 1.807) is 33.8 Å². The number of thiophene rings is 1. The fraction of sp³-hybridized carbons (Fsp3) is 0.558. The smallest absolute Gasteiger partial charge is 0.419 e. The highest BCUT2D eigenvalue weighted by Gasteiger charge is 2.50. The highest BCUT2D eigenvalue weighted by Crippen LogP contribution is 2.53. The maximum atomic E-state index is 16.0. The number of amides is 2. The fourth-order valence-electron chi connectivity index (χ4n) is 9.14. The van der Waals surface area contributed by atoms with Crippen LogP contribution in [0.3, 0.4) is 0 Å². The van der Waals surface area contributed by atoms with Crippen LogP contribution in [-0.2, 0) is 21.8 Å². The molecule has 7 rings (SSSR count). The number of nitrogens with one attached hydrogen (secondary N) is 1. The summed E-state index contributed by atoms with van der Waals surface area (Å²) in [6.07, 6.45) is -12.6. The zero-order valence-corrected chi connectivity index (χ0v) is 37.1. The number of likely N-dealkylation sites (N-methyl/N-ethyl adjacent to an activating group) is 1. The molecule has 2 amide bonds. The van der Waals surface area contributed by atoms with E-state index in [2.05, 4.69) is 15.3 Å². The molecule has 3 aliphatic heterocycles. The van der Waals surface area contributed by atoms with E-state index >= 15 is 30.7 Å². The summed E-state index contributed by atoms with van der Waals surface area (Å²) < 4.78 is 141. The molecule has 0 saturated carbocycles. The summed E-state index contributed by atoms with van der Waals surface area (Å²) in [5, 5.41) is 10.9. The van der Waals surface area contributed by atoms with Crippen molar-refractivity contribution in [2.24, 2.45) is 0 Å². The fourth-order valence-corrected chi connectivity index (χ4v) is 10.2. The number of benzene rings is 2. The van der Waals surface area contributed by atoms with Gasteiger partial charge in [-0.3, -0.25) is 10.2 Å². The van der Waals surface area contributed by atoms with Crippen LogP contribution < -0.4 is 15.0 Å². The Bertz CT molecular complexity index is 2550. The maximum absolute atomic E-state index is 16.0. The van der Waals surface area contributed by atoms with Crippen molar-refractivity contribution >= 4 is 55.3 Å². The second-order valence-electron chi connectivity index (χ2n) is 18.5. The van der Waals surface area contributed by atoms with Crippen LogP contribution in [-0.4, -0.2) is 100 Å². The number of alkyl halides is 7. The molecular weight excluding hydrogens is 879 g/mol. The van der Waals surface area contributed by atoms with Crippen LogP contribution in [0.2, 0.25) is 0 Å². The van der Waals surface area contributed by atoms with Gasteiger partial charge in [0.2, 0.25) is 0 Å². The minimum Gasteiger partial charge on any atom is -0.461 e. The lowest BCUT2D eigenvalue weighted by Crippen LogP contribution is -2.46. The lowest BCUT2D eigenvalue weighted by Gasteiger charge is -2.34. The molecule has 64 heavy (non-hydrogen) atoms. The van der Waals surface area contributed by atoms with Crippen LogP contribution in [0.5, 0.6) is 6.01 Å². The molecule has 4 aromatic rings. The van der Waals surface area contributed by atoms with E-state index in [1.165, 1.54) is 37.6 Å². The molecule has 0 bridgehead atoms. The van der Waals surface area contributed by atoms with E-state index in [9.17, 15) is 19.2 Å². The summed E-state index contributed by atoms with van der Waals surface area (Å²) in [7, 11) is 1.43. The van der Waals surface area contributed by atoms with Gasteiger partial charge >= 0.3 is 30.5 Å². The van der Waals surface area contributed by atoms with Gasteiger partial charge in [0.1, 0.15) is 46.7 Å². The molecule has 2 aromatic carbocycles. The Morgan fingerprint density at radius 2 is 1.72 bits per heavy atom. The summed E-state index contributed by atoms with van der Waals surface area (Å²) in [4.78, 5) is 39.3. The van der Waals surface area contributed by atoms with E-state index < -0.39 is 120 Å². The Morgan fingerprint density at radius 3 is 2.34 bits per heavy atom. The normalized spacial score (nSPS) is 21.9. The van der Waals surface area contributed by atoms with Gasteiger partial charge in [0.15, 0.2) is 0 Å². The molecule has 21 heteroatoms. The Morgan fingerprint density at radius 1 is 1.03 bits per heavy atom. The van der Waals surface area contributed by atoms with Crippen molar-refractivity contribution < 1.29 is 58.9 Å². The lowest BCUT2D eigenvalue weighted by atomic mass is 9.88. The summed E-state index contributed by atoms with van der Waals surface area (Å²) in [5.41, 5.74) is -10.3. The zero-order chi connectivity index (χ0) is 47.1. The minimum atomic E-state index is -5.61. The second kappa shape index (κ2) is 16.3. The molecule has 3 saturated heterocycles. The van der Waals surface area contributed by atoms with Gasteiger partial charge in [-0.05, 0) is 92.0 Å². The largest absolute Gasteiger partial charge is 0.461 e. The SMILES string of the molecule is C[C@H]1[C@H](N(C)c2nc(OC[C@@]34CCCN3C[C@H](F)C4)nc3c(C(F)(F)F)c(-c4ccc(F)c5sc(NC(=O)OC(C)(C)C)c(C#N)c45)c(C(F)(F)F)cc23)CCN1C(=O)OC(C)(C)C. The molecule has 3 aliphatic rings. The predicted molar refractivity (Wildman–Crippen MR) is 223 cm³/mol. The van der Waals surface area contributed by atoms with Gasteiger partial charge in [0, 0.05) is 42.9 Å². The predicted octanol–water partition coefficient (Wildman–Crippen LogP) is 10.7. The molecular formula is C43H47F8N7O5S. The quantitative estimate of drug-likeness (QED) is 0.179. The van der Waals surface area contributed by atoms with Crippen LogP contribution in [0.1, 0.15) is 90.8 Å². The highest BCUT2D eigenvalue weighted by molar-refractivity contribution is 7.23. The van der Waals surface area contributed by atoms with Crippen LogP contribution in [0.25, 0.3) is 32.1 Å². The molecule has 12 nitrogen and oxygen atoms in total. The third kappa shape index (κ3) is 8.91. The molecule has 4 atom stereocenters. The summed E-state index contributed by atoms with van der Waals surface area (Å²) in [6, 6.07) is 1.57. The number of rotatable bonds is 7. The first-order valence-electron chi connectivity index (χ1n) is 20.6. The van der Waals surface area contributed by atoms with Gasteiger partial charge < -0.3 is 24.0 Å². The van der Waals surface area contributed by atoms with Crippen molar-refractivity contribution in [3.63, 3.8) is 0 Å². The first-order valence-corrected chi connectivity index (χ1v) is 21.4. The average molecular weight is 926 g/mol. The third-order valence-corrected chi connectivity index (χ3v) is 12.8. The molecule has 0 spiro atoms. The van der Waals surface area contributed by atoms with Crippen molar-refractivity contribution in [1.29, 1.82) is 5.26 Å². The number of fused-ring (bicyclic) bond motifs is 3. The van der Waals surface area contributed by atoms with Gasteiger partial charge in [-0.15, -0.1) is 11.3 Å². The first-order chi connectivity index (χ1) is 29.6. The number of hydrogen-bond donors (Lipinski definition) is 1. The number of hydrogen-bond acceptors (Lipinski definition) is 11. The van der Waals surface area contributed by atoms with E-state index in [-0.39, 0.29) is 43.4 Å². The van der Waals surface area contributed by atoms with E-state index in [1.807, 2.05) is 4.90 Å². The Kier molecular flexibility index (Phi) is 11.9. The van der Waals surface area contributed by atoms with Crippen LogP contribution >= 0.6 is 11.3 Å². The first kappa shape index (κ1) is 46.8. The van der Waals surface area contributed by atoms with Gasteiger partial charge in [-0.25, -0.2) is 18.4 Å². The number of anilines is 2. The van der Waals surface area contributed by atoms with Crippen molar-refractivity contribution in [1.82, 2.24) is 19.8 Å². The van der Waals surface area contributed by atoms with Crippen molar-refractivity contribution in [3.8, 4) is 23.2 Å². The number of nitriles is 1. The van der Waals surface area contributed by atoms with Gasteiger partial charge in [-0.2, -0.15) is 41.6 Å². The minimum absolute atomic E-state index is 0.0769. The second-order valence-corrected chi connectivity index (χ2v) is 19.5. The van der Waals surface area contributed by atoms with Gasteiger partial charge in [0.25, 0.3) is 0 Å². The number of nitrogens with zero attached hydrogens (tertiary/aromatic N) is 6. The highest BCUT2D eigenvalue weighted by atomic mass is 32.1. The van der Waals surface area contributed by atoms with Crippen LogP contribution in [0.15, 0.2) is 18.2 Å². The Balaban J connectivity index is 1.48. The van der Waals surface area contributed by atoms with Gasteiger partial charge in [-0.1, -0.05) is 6.07 Å². The molecule has 0 unspecified atom stereocenters. The van der Waals surface area contributed by atoms with Crippen LogP contribution in [0, 0.1) is 17.1 Å². The molecule has 1 N–H and O–H groups in total. The number of aromatic nitrogens is 2. The van der Waals surface area contributed by atoms with Crippen molar-refractivity contribution in [3.05, 3.63) is 40.7 Å². The van der Waals surface area contributed by atoms with Crippen LogP contribution in [0.4, 0.5) is 55.5 Å². The number of ether oxygens (including phenoxy) is 3. The zero-order valence-electron chi connectivity index (χ0n) is 36.3. The standard InChI is InChI=1S/C43H47F8N7O5S/c1-21-28(12-15-58(21)38(60)63-40(5,6)7)56(8)34-24-16-26(42(46,47)48)30(23-10-11-27(45)33-29(23)25(18-52)35(64-33)55-37(59)62-39(2,3)4)31(43(49,50)51)32(24)53-36(54-34)61-20-41-13-9-14-57(41)19-22(44)17-41/h10-11,16,21-22,28H,9,12-15,17,19-20H2,1-8H3,(H,55,59)/t21-,22+,28+,41-/m0/s1. The van der Waals surface area contributed by atoms with E-state index in [0.29, 0.717) is 48.9 Å². The topological polar surface area (TPSA) is 133 Å². The van der Waals surface area contributed by atoms with Gasteiger partial charge in [0.05, 0.1) is 44.5 Å². The van der Waals surface area contributed by atoms with Crippen molar-refractivity contribution in [2.45, 2.75) is 121 Å². The Hall–Kier alpha value is -5.23. The lowest BCUT2D eigenvalue weighted by molar-refractivity contribution is -0.141. The molecule has 346 valence electrons. The summed E-state index contributed by atoms with van der Waals surface area (Å²) in [6.45, 7) is 11.9. The van der Waals surface area contributed by atoms with E-state index in [0.717, 1.165) is 0 Å². The molecule has 5 heterocycles. The summed E-state index contributed by atoms with van der Waals surface area (Å²) in [5.74, 6) is -1.47.